The minimum Gasteiger partial charge on any atom is -0.340 e. The van der Waals surface area contributed by atoms with E-state index in [1.54, 1.807) is 0 Å². The summed E-state index contributed by atoms with van der Waals surface area (Å²) in [5.74, 6) is -1.06. The van der Waals surface area contributed by atoms with Crippen LogP contribution in [-0.4, -0.2) is 101 Å². The van der Waals surface area contributed by atoms with Gasteiger partial charge in [0.2, 0.25) is 0 Å². The van der Waals surface area contributed by atoms with E-state index in [0.29, 0.717) is 5.56 Å². The number of nitrogens with zero attached hydrogens (tertiary/aromatic N) is 3. The molecule has 0 saturated carbocycles. The van der Waals surface area contributed by atoms with Crippen molar-refractivity contribution in [1.82, 2.24) is 20.2 Å². The molecule has 5 nitrogen and oxygen atoms in total. The number of hydrogen-bond acceptors (Lipinski definition) is 4. The Balaban J connectivity index is 1.72. The molecule has 1 saturated heterocycles. The minimum atomic E-state index is -2.56. The predicted octanol–water partition coefficient (Wildman–Crippen LogP) is -0.255. The first-order valence-corrected chi connectivity index (χ1v) is 10.4. The summed E-state index contributed by atoms with van der Waals surface area (Å²) in [7, 11) is 41.1. The molecule has 14 radical (unpaired) electrons. The Bertz CT molecular complexity index is 1050. The molecule has 158 valence electrons. The number of nitrogens with one attached hydrogen (secondary N) is 1. The second-order valence-corrected chi connectivity index (χ2v) is 9.00. The van der Waals surface area contributed by atoms with E-state index in [9.17, 15) is 9.18 Å². The third-order valence-corrected chi connectivity index (χ3v) is 5.98. The zero-order chi connectivity index (χ0) is 25.5. The topological polar surface area (TPSA) is 58.1 Å². The first-order chi connectivity index (χ1) is 15.6. The molecule has 3 rings (SSSR count). The summed E-state index contributed by atoms with van der Waals surface area (Å²) < 4.78 is 29.6. The highest BCUT2D eigenvalue weighted by molar-refractivity contribution is 6.58. The third kappa shape index (κ3) is 5.28. The molecule has 34 heavy (non-hydrogen) atoms. The number of likely N-dealkylation sites (tertiary alicyclic amines) is 1. The van der Waals surface area contributed by atoms with Gasteiger partial charge in [-0.15, -0.1) is 5.11 Å². The van der Waals surface area contributed by atoms with E-state index in [2.05, 4.69) is 15.3 Å². The number of alkyl halides is 1. The van der Waals surface area contributed by atoms with E-state index in [1.165, 1.54) is 18.5 Å². The van der Waals surface area contributed by atoms with Gasteiger partial charge in [0.05, 0.1) is 66.5 Å². The molecule has 0 unspecified atom stereocenters. The second kappa shape index (κ2) is 9.42. The monoisotopic (exact) mass is 464 g/mol. The number of amides is 1. The van der Waals surface area contributed by atoms with Crippen molar-refractivity contribution in [3.05, 3.63) is 58.4 Å². The lowest BCUT2D eigenvalue weighted by molar-refractivity contribution is 0.0245. The Morgan fingerprint density at radius 1 is 1.12 bits per heavy atom. The number of benzene rings is 1. The number of rotatable bonds is 6. The molecule has 0 bridgehead atoms. The zero-order valence-electron chi connectivity index (χ0n) is 18.1. The van der Waals surface area contributed by atoms with Crippen LogP contribution in [0.5, 0.6) is 0 Å². The van der Waals surface area contributed by atoms with Gasteiger partial charge in [0.1, 0.15) is 17.3 Å². The van der Waals surface area contributed by atoms with Crippen molar-refractivity contribution in [3.8, 4) is 0 Å². The van der Waals surface area contributed by atoms with Gasteiger partial charge in [-0.1, -0.05) is 11.6 Å². The van der Waals surface area contributed by atoms with Crippen molar-refractivity contribution in [2.24, 2.45) is 0 Å². The third-order valence-electron chi connectivity index (χ3n) is 5.69. The number of carbonyl (C=O) groups is 1. The molecule has 15 heteroatoms. The Morgan fingerprint density at radius 2 is 1.68 bits per heavy atom. The number of piperidine rings is 1. The van der Waals surface area contributed by atoms with Gasteiger partial charge in [0.15, 0.2) is 0 Å². The van der Waals surface area contributed by atoms with Crippen molar-refractivity contribution in [1.29, 1.82) is 0 Å². The van der Waals surface area contributed by atoms with Gasteiger partial charge in [-0.05, 0) is 34.2 Å². The Kier molecular flexibility index (Phi) is 7.46. The van der Waals surface area contributed by atoms with Gasteiger partial charge in [-0.2, -0.15) is 0 Å². The van der Waals surface area contributed by atoms with Crippen LogP contribution in [0.15, 0.2) is 30.6 Å². The maximum Gasteiger partial charge on any atom is 0.253 e. The van der Waals surface area contributed by atoms with Crippen LogP contribution in [0.4, 0.5) is 8.78 Å². The summed E-state index contributed by atoms with van der Waals surface area (Å²) in [6.07, 6.45) is 2.68. The molecule has 2 aromatic rings. The van der Waals surface area contributed by atoms with Crippen molar-refractivity contribution < 1.29 is 13.6 Å². The highest BCUT2D eigenvalue weighted by Crippen LogP contribution is 2.54. The van der Waals surface area contributed by atoms with Gasteiger partial charge < -0.3 is 10.2 Å². The van der Waals surface area contributed by atoms with Gasteiger partial charge in [0, 0.05) is 37.6 Å². The van der Waals surface area contributed by atoms with E-state index in [0.717, 1.165) is 17.0 Å². The summed E-state index contributed by atoms with van der Waals surface area (Å²) in [6.45, 7) is -1.32. The van der Waals surface area contributed by atoms with E-state index in [4.69, 9.17) is 66.5 Å². The number of carbonyl (C=O) groups excluding carboxylic acids is 1. The van der Waals surface area contributed by atoms with Crippen LogP contribution in [0.2, 0.25) is 15.5 Å². The first kappa shape index (κ1) is 26.9. The van der Waals surface area contributed by atoms with E-state index in [-0.39, 0.29) is 23.0 Å². The molecule has 1 aromatic heterocycles. The molecule has 0 spiro atoms. The molecule has 2 heterocycles. The lowest BCUT2D eigenvalue weighted by atomic mass is 9.32. The Hall–Kier alpha value is -1.67. The molecule has 1 aromatic carbocycles. The maximum atomic E-state index is 16.1. The lowest BCUT2D eigenvalue weighted by Crippen LogP contribution is -2.67. The van der Waals surface area contributed by atoms with Crippen LogP contribution < -0.4 is 5.32 Å². The van der Waals surface area contributed by atoms with Crippen LogP contribution in [0.1, 0.15) is 21.7 Å². The van der Waals surface area contributed by atoms with E-state index < -0.39 is 52.6 Å². The van der Waals surface area contributed by atoms with Crippen LogP contribution in [-0.2, 0) is 11.7 Å². The molecule has 0 atom stereocenters. The number of hydrogen-bond donors (Lipinski definition) is 1. The summed E-state index contributed by atoms with van der Waals surface area (Å²) in [6, 6.07) is 3.39. The van der Waals surface area contributed by atoms with Gasteiger partial charge >= 0.3 is 0 Å². The minimum absolute atomic E-state index is 0.00154. The molecule has 1 amide bonds. The summed E-state index contributed by atoms with van der Waals surface area (Å²) in [4.78, 5) is 22.1. The fourth-order valence-corrected chi connectivity index (χ4v) is 3.85. The molecular formula is C19H14B7ClF2N4O. The Morgan fingerprint density at radius 3 is 2.18 bits per heavy atom. The van der Waals surface area contributed by atoms with Gasteiger partial charge in [-0.25, -0.2) is 18.7 Å². The maximum absolute atomic E-state index is 16.1. The molecule has 1 aliphatic rings. The standard InChI is InChI=1S/C19H14B7ClF2N4O/c20-17(21)8-33(15(34)10-1-2-13(28)12(27)3-10)9-18(22,23)16(17,29)7-30-6-14-31-4-11(5-32-14)19(24,25)26/h1-5,30H,6-9H2. The van der Waals surface area contributed by atoms with E-state index in [1.807, 2.05) is 0 Å². The fourth-order valence-electron chi connectivity index (χ4n) is 3.67. The smallest absolute Gasteiger partial charge is 0.253 e. The van der Waals surface area contributed by atoms with Crippen LogP contribution in [0.3, 0.4) is 0 Å². The van der Waals surface area contributed by atoms with Crippen LogP contribution in [0, 0.1) is 5.82 Å². The first-order valence-electron chi connectivity index (χ1n) is 10.0. The molecule has 1 fully saturated rings. The largest absolute Gasteiger partial charge is 0.340 e. The Labute approximate surface area is 211 Å². The molecule has 1 N–H and O–H groups in total. The number of halogens is 3. The average Bonchev–Trinajstić information content (AvgIpc) is 2.73. The van der Waals surface area contributed by atoms with Crippen molar-refractivity contribution >= 4 is 72.4 Å². The SMILES string of the molecule is [B]C([B])([B])c1cnc(CNCC2(F)C([B])([B])CN(C(=O)c3ccc(F)c(Cl)c3)CC2([B])[B])nc1. The molecule has 0 aliphatic carbocycles. The summed E-state index contributed by atoms with van der Waals surface area (Å²) in [5, 5.41) is -3.36. The predicted molar refractivity (Wildman–Crippen MR) is 132 cm³/mol. The quantitative estimate of drug-likeness (QED) is 0.601. The van der Waals surface area contributed by atoms with E-state index >= 15 is 4.39 Å². The second-order valence-electron chi connectivity index (χ2n) is 8.60. The van der Waals surface area contributed by atoms with Gasteiger partial charge in [0.25, 0.3) is 5.91 Å². The number of aromatic nitrogens is 2. The zero-order valence-corrected chi connectivity index (χ0v) is 18.9. The fraction of sp³-hybridized carbons (Fsp3) is 0.421. The normalized spacial score (nSPS) is 19.0. The molecular weight excluding hydrogens is 449 g/mol. The highest BCUT2D eigenvalue weighted by Gasteiger charge is 2.58. The van der Waals surface area contributed by atoms with Crippen molar-refractivity contribution in [2.75, 3.05) is 19.6 Å². The molecule has 1 aliphatic heterocycles. The van der Waals surface area contributed by atoms with Gasteiger partial charge in [-0.3, -0.25) is 4.79 Å². The summed E-state index contributed by atoms with van der Waals surface area (Å²) >= 11 is 5.75. The van der Waals surface area contributed by atoms with Crippen LogP contribution >= 0.6 is 11.6 Å². The highest BCUT2D eigenvalue weighted by atomic mass is 35.5. The van der Waals surface area contributed by atoms with Crippen LogP contribution in [0.25, 0.3) is 0 Å². The van der Waals surface area contributed by atoms with Crippen molar-refractivity contribution in [3.63, 3.8) is 0 Å². The lowest BCUT2D eigenvalue weighted by Gasteiger charge is -2.59. The van der Waals surface area contributed by atoms with Crippen molar-refractivity contribution in [2.45, 2.75) is 27.8 Å². The summed E-state index contributed by atoms with van der Waals surface area (Å²) in [5.41, 5.74) is -2.22. The average molecular weight is 463 g/mol.